The number of hydrogen-bond acceptors (Lipinski definition) is 3. The van der Waals surface area contributed by atoms with Crippen LogP contribution >= 0.6 is 0 Å². The minimum absolute atomic E-state index is 0.867. The van der Waals surface area contributed by atoms with E-state index in [1.807, 2.05) is 22.7 Å². The Morgan fingerprint density at radius 1 is 1.22 bits per heavy atom. The summed E-state index contributed by atoms with van der Waals surface area (Å²) in [5, 5.41) is 0. The van der Waals surface area contributed by atoms with Crippen molar-refractivity contribution in [3.05, 3.63) is 30.2 Å². The monoisotopic (exact) mass is 245 g/mol. The molecule has 0 amide bonds. The zero-order chi connectivity index (χ0) is 12.4. The molecule has 3 rings (SSSR count). The van der Waals surface area contributed by atoms with Gasteiger partial charge in [0, 0.05) is 19.2 Å². The summed E-state index contributed by atoms with van der Waals surface area (Å²) in [6, 6.07) is 3.95. The lowest BCUT2D eigenvalue weighted by atomic mass is 10.3. The smallest absolute Gasteiger partial charge is 0.137 e. The fourth-order valence-electron chi connectivity index (χ4n) is 2.54. The van der Waals surface area contributed by atoms with Gasteiger partial charge in [0.15, 0.2) is 0 Å². The molecule has 0 radical (unpaired) electrons. The molecule has 1 aliphatic rings. The van der Waals surface area contributed by atoms with Crippen molar-refractivity contribution in [2.24, 2.45) is 0 Å². The Hall–Kier alpha value is -1.55. The predicted molar refractivity (Wildman–Crippen MR) is 71.1 cm³/mol. The molecule has 2 aromatic heterocycles. The molecule has 2 aromatic rings. The summed E-state index contributed by atoms with van der Waals surface area (Å²) >= 11 is 0. The number of ether oxygens (including phenoxy) is 1. The molecule has 96 valence electrons. The molecule has 0 unspecified atom stereocenters. The molecule has 18 heavy (non-hydrogen) atoms. The van der Waals surface area contributed by atoms with Crippen molar-refractivity contribution in [1.29, 1.82) is 0 Å². The molecule has 0 atom stereocenters. The molecule has 0 aromatic carbocycles. The van der Waals surface area contributed by atoms with Gasteiger partial charge in [0.25, 0.3) is 0 Å². The van der Waals surface area contributed by atoms with Gasteiger partial charge in [-0.25, -0.2) is 4.98 Å². The number of fused-ring (bicyclic) bond motifs is 1. The van der Waals surface area contributed by atoms with Crippen molar-refractivity contribution in [3.63, 3.8) is 0 Å². The number of aromatic nitrogens is 2. The van der Waals surface area contributed by atoms with Crippen molar-refractivity contribution in [1.82, 2.24) is 14.3 Å². The lowest BCUT2D eigenvalue weighted by molar-refractivity contribution is 0.342. The van der Waals surface area contributed by atoms with Gasteiger partial charge in [0.2, 0.25) is 0 Å². The van der Waals surface area contributed by atoms with Gasteiger partial charge in [0.1, 0.15) is 11.4 Å². The van der Waals surface area contributed by atoms with Crippen LogP contribution in [0, 0.1) is 0 Å². The summed E-state index contributed by atoms with van der Waals surface area (Å²) in [6.45, 7) is 3.63. The summed E-state index contributed by atoms with van der Waals surface area (Å²) in [5.41, 5.74) is 2.15. The fourth-order valence-corrected chi connectivity index (χ4v) is 2.54. The minimum Gasteiger partial charge on any atom is -0.495 e. The van der Waals surface area contributed by atoms with E-state index in [-0.39, 0.29) is 0 Å². The molecule has 1 saturated heterocycles. The minimum atomic E-state index is 0.867. The number of likely N-dealkylation sites (tertiary alicyclic amines) is 1. The van der Waals surface area contributed by atoms with Gasteiger partial charge in [0.05, 0.1) is 19.0 Å². The third-order valence-corrected chi connectivity index (χ3v) is 3.59. The maximum absolute atomic E-state index is 5.22. The second kappa shape index (κ2) is 4.98. The third-order valence-electron chi connectivity index (χ3n) is 3.59. The molecule has 3 heterocycles. The zero-order valence-corrected chi connectivity index (χ0v) is 10.8. The third kappa shape index (κ3) is 2.34. The average molecular weight is 245 g/mol. The number of nitrogens with zero attached hydrogens (tertiary/aromatic N) is 3. The SMILES string of the molecule is COc1ccc2nc(CCN3CCCC3)cn2c1. The molecule has 4 nitrogen and oxygen atoms in total. The van der Waals surface area contributed by atoms with Crippen molar-refractivity contribution >= 4 is 5.65 Å². The van der Waals surface area contributed by atoms with Gasteiger partial charge in [-0.15, -0.1) is 0 Å². The Bertz CT molecular complexity index is 529. The summed E-state index contributed by atoms with van der Waals surface area (Å²) in [5.74, 6) is 0.867. The number of rotatable bonds is 4. The highest BCUT2D eigenvalue weighted by molar-refractivity contribution is 5.43. The Morgan fingerprint density at radius 3 is 2.83 bits per heavy atom. The van der Waals surface area contributed by atoms with Crippen LogP contribution in [0.2, 0.25) is 0 Å². The molecule has 0 spiro atoms. The van der Waals surface area contributed by atoms with Crippen molar-refractivity contribution in [3.8, 4) is 5.75 Å². The van der Waals surface area contributed by atoms with E-state index in [1.165, 1.54) is 25.9 Å². The van der Waals surface area contributed by atoms with Crippen molar-refractivity contribution < 1.29 is 4.74 Å². The number of hydrogen-bond donors (Lipinski definition) is 0. The quantitative estimate of drug-likeness (QED) is 0.825. The Morgan fingerprint density at radius 2 is 2.06 bits per heavy atom. The fraction of sp³-hybridized carbons (Fsp3) is 0.500. The largest absolute Gasteiger partial charge is 0.495 e. The zero-order valence-electron chi connectivity index (χ0n) is 10.8. The maximum atomic E-state index is 5.22. The van der Waals surface area contributed by atoms with Crippen LogP contribution in [-0.4, -0.2) is 41.0 Å². The first-order valence-electron chi connectivity index (χ1n) is 6.59. The Kier molecular flexibility index (Phi) is 3.19. The van der Waals surface area contributed by atoms with Crippen molar-refractivity contribution in [2.45, 2.75) is 19.3 Å². The van der Waals surface area contributed by atoms with E-state index in [1.54, 1.807) is 7.11 Å². The number of methoxy groups -OCH3 is 1. The highest BCUT2D eigenvalue weighted by Gasteiger charge is 2.11. The standard InChI is InChI=1S/C14H19N3O/c1-18-13-4-5-14-15-12(10-17(14)11-13)6-9-16-7-2-3-8-16/h4-5,10-11H,2-3,6-9H2,1H3. The lowest BCUT2D eigenvalue weighted by Crippen LogP contribution is -2.21. The molecular formula is C14H19N3O. The van der Waals surface area contributed by atoms with Crippen LogP contribution in [0.5, 0.6) is 5.75 Å². The van der Waals surface area contributed by atoms with Crippen LogP contribution < -0.4 is 4.74 Å². The van der Waals surface area contributed by atoms with Crippen LogP contribution in [-0.2, 0) is 6.42 Å². The highest BCUT2D eigenvalue weighted by atomic mass is 16.5. The molecule has 1 fully saturated rings. The van der Waals surface area contributed by atoms with E-state index in [0.29, 0.717) is 0 Å². The summed E-state index contributed by atoms with van der Waals surface area (Å²) in [4.78, 5) is 7.15. The molecule has 1 aliphatic heterocycles. The van der Waals surface area contributed by atoms with Gasteiger partial charge in [-0.1, -0.05) is 0 Å². The first-order chi connectivity index (χ1) is 8.85. The Balaban J connectivity index is 1.72. The summed E-state index contributed by atoms with van der Waals surface area (Å²) in [7, 11) is 1.69. The summed E-state index contributed by atoms with van der Waals surface area (Å²) < 4.78 is 7.26. The van der Waals surface area contributed by atoms with E-state index < -0.39 is 0 Å². The van der Waals surface area contributed by atoms with Gasteiger partial charge >= 0.3 is 0 Å². The predicted octanol–water partition coefficient (Wildman–Crippen LogP) is 1.98. The molecule has 4 heteroatoms. The van der Waals surface area contributed by atoms with Gasteiger partial charge in [-0.2, -0.15) is 0 Å². The number of imidazole rings is 1. The molecule has 0 bridgehead atoms. The van der Waals surface area contributed by atoms with E-state index >= 15 is 0 Å². The van der Waals surface area contributed by atoms with Crippen molar-refractivity contribution in [2.75, 3.05) is 26.7 Å². The molecule has 0 aliphatic carbocycles. The van der Waals surface area contributed by atoms with Crippen LogP contribution in [0.1, 0.15) is 18.5 Å². The van der Waals surface area contributed by atoms with E-state index in [2.05, 4.69) is 16.1 Å². The highest BCUT2D eigenvalue weighted by Crippen LogP contribution is 2.14. The Labute approximate surface area is 107 Å². The van der Waals surface area contributed by atoms with E-state index in [0.717, 1.165) is 30.1 Å². The molecular weight excluding hydrogens is 226 g/mol. The first kappa shape index (κ1) is 11.5. The second-order valence-electron chi connectivity index (χ2n) is 4.87. The lowest BCUT2D eigenvalue weighted by Gasteiger charge is -2.12. The van der Waals surface area contributed by atoms with Gasteiger partial charge < -0.3 is 14.0 Å². The molecule has 0 N–H and O–H groups in total. The van der Waals surface area contributed by atoms with E-state index in [9.17, 15) is 0 Å². The van der Waals surface area contributed by atoms with E-state index in [4.69, 9.17) is 4.74 Å². The maximum Gasteiger partial charge on any atom is 0.137 e. The summed E-state index contributed by atoms with van der Waals surface area (Å²) in [6.07, 6.45) is 7.81. The normalized spacial score (nSPS) is 16.5. The first-order valence-corrected chi connectivity index (χ1v) is 6.59. The molecule has 0 saturated carbocycles. The van der Waals surface area contributed by atoms with Crippen LogP contribution in [0.4, 0.5) is 0 Å². The van der Waals surface area contributed by atoms with Crippen LogP contribution in [0.3, 0.4) is 0 Å². The average Bonchev–Trinajstić information content (AvgIpc) is 3.04. The topological polar surface area (TPSA) is 29.8 Å². The van der Waals surface area contributed by atoms with Crippen LogP contribution in [0.25, 0.3) is 5.65 Å². The number of pyridine rings is 1. The van der Waals surface area contributed by atoms with Crippen LogP contribution in [0.15, 0.2) is 24.5 Å². The van der Waals surface area contributed by atoms with Gasteiger partial charge in [-0.3, -0.25) is 0 Å². The second-order valence-corrected chi connectivity index (χ2v) is 4.87. The van der Waals surface area contributed by atoms with Gasteiger partial charge in [-0.05, 0) is 38.1 Å².